The summed E-state index contributed by atoms with van der Waals surface area (Å²) in [6, 6.07) is 3.35. The number of fused-ring (bicyclic) bond motifs is 1. The molecule has 0 saturated carbocycles. The smallest absolute Gasteiger partial charge is 0.261 e. The molecule has 2 atom stereocenters. The number of pyridine rings is 1. The summed E-state index contributed by atoms with van der Waals surface area (Å²) in [4.78, 5) is 24.0. The van der Waals surface area contributed by atoms with Crippen molar-refractivity contribution in [1.82, 2.24) is 15.0 Å². The molecule has 2 unspecified atom stereocenters. The molecule has 1 amide bonds. The van der Waals surface area contributed by atoms with Gasteiger partial charge in [-0.1, -0.05) is 41.5 Å². The molecular weight excluding hydrogens is 359 g/mol. The molecule has 2 N–H and O–H groups in total. The van der Waals surface area contributed by atoms with Gasteiger partial charge < -0.3 is 15.1 Å². The van der Waals surface area contributed by atoms with E-state index >= 15 is 0 Å². The Kier molecular flexibility index (Phi) is 5.06. The number of nitrogens with one attached hydrogen (secondary N) is 1. The lowest BCUT2D eigenvalue weighted by atomic mass is 9.84. The molecule has 1 aromatic rings. The third kappa shape index (κ3) is 4.01. The van der Waals surface area contributed by atoms with Crippen LogP contribution in [0.15, 0.2) is 34.7 Å². The van der Waals surface area contributed by atoms with E-state index in [-0.39, 0.29) is 37.3 Å². The lowest BCUT2D eigenvalue weighted by Crippen LogP contribution is -2.45. The van der Waals surface area contributed by atoms with Gasteiger partial charge in [-0.05, 0) is 29.4 Å². The number of aliphatic imine (C=N–C) groups is 1. The van der Waals surface area contributed by atoms with Crippen molar-refractivity contribution >= 4 is 31.6 Å². The molecule has 3 rings (SSSR count). The second-order valence-electron chi connectivity index (χ2n) is 9.42. The molecule has 7 heteroatoms. The standard InChI is InChI=1S/C20H29N4O2P/c1-19(2,3)9-11-24-15(20(4,5)6)14(25)13(18(24)26)16-22-12-8-7-10-21-17(12)27-23-16/h7-8,10,15,25,27H,9,11H2,1-6H3,(H,22,23). The van der Waals surface area contributed by atoms with Crippen molar-refractivity contribution in [2.45, 2.75) is 54.0 Å². The molecule has 0 aliphatic carbocycles. The summed E-state index contributed by atoms with van der Waals surface area (Å²) >= 11 is 0. The Morgan fingerprint density at radius 3 is 2.59 bits per heavy atom. The van der Waals surface area contributed by atoms with E-state index in [0.29, 0.717) is 18.0 Å². The summed E-state index contributed by atoms with van der Waals surface area (Å²) in [5, 5.41) is 14.2. The fourth-order valence-corrected chi connectivity index (χ4v) is 4.23. The Hall–Kier alpha value is -1.94. The van der Waals surface area contributed by atoms with Gasteiger partial charge in [0.2, 0.25) is 0 Å². The molecular formula is C20H29N4O2P. The van der Waals surface area contributed by atoms with Gasteiger partial charge in [-0.3, -0.25) is 9.78 Å². The fraction of sp³-hybridized carbons (Fsp3) is 0.550. The minimum absolute atomic E-state index is 0.105. The predicted molar refractivity (Wildman–Crippen MR) is 111 cm³/mol. The van der Waals surface area contributed by atoms with Crippen LogP contribution in [0, 0.1) is 10.8 Å². The second kappa shape index (κ2) is 6.90. The number of nitrogens with zero attached hydrogens (tertiary/aromatic N) is 3. The second-order valence-corrected chi connectivity index (χ2v) is 10.4. The van der Waals surface area contributed by atoms with Crippen molar-refractivity contribution in [1.29, 1.82) is 0 Å². The van der Waals surface area contributed by atoms with Crippen molar-refractivity contribution in [3.63, 3.8) is 0 Å². The van der Waals surface area contributed by atoms with Gasteiger partial charge in [0.25, 0.3) is 5.91 Å². The van der Waals surface area contributed by atoms with Crippen molar-refractivity contribution in [3.05, 3.63) is 29.7 Å². The lowest BCUT2D eigenvalue weighted by molar-refractivity contribution is -0.128. The summed E-state index contributed by atoms with van der Waals surface area (Å²) in [7, 11) is 0.214. The number of amides is 1. The van der Waals surface area contributed by atoms with E-state index in [1.807, 2.05) is 37.8 Å². The highest BCUT2D eigenvalue weighted by Crippen LogP contribution is 2.38. The van der Waals surface area contributed by atoms with Crippen LogP contribution in [-0.4, -0.2) is 39.3 Å². The maximum atomic E-state index is 13.3. The van der Waals surface area contributed by atoms with Crippen LogP contribution in [-0.2, 0) is 4.79 Å². The summed E-state index contributed by atoms with van der Waals surface area (Å²) in [6.07, 6.45) is 2.59. The Morgan fingerprint density at radius 2 is 1.96 bits per heavy atom. The predicted octanol–water partition coefficient (Wildman–Crippen LogP) is 3.44. The van der Waals surface area contributed by atoms with Crippen LogP contribution in [0.25, 0.3) is 0 Å². The van der Waals surface area contributed by atoms with Crippen LogP contribution in [0.4, 0.5) is 5.69 Å². The van der Waals surface area contributed by atoms with Gasteiger partial charge in [0.05, 0.1) is 11.7 Å². The van der Waals surface area contributed by atoms with Gasteiger partial charge in [0.15, 0.2) is 0 Å². The summed E-state index contributed by atoms with van der Waals surface area (Å²) in [5.74, 6) is 0.411. The number of rotatable bonds is 3. The SMILES string of the molecule is CC(C)(C)CCN1C(=O)C(C2=Nc3cccnc3PN2)=C(O)C1C(C)(C)C. The zero-order valence-electron chi connectivity index (χ0n) is 16.9. The molecule has 0 saturated heterocycles. The summed E-state index contributed by atoms with van der Waals surface area (Å²) in [5.41, 5.74) is 1.73. The van der Waals surface area contributed by atoms with E-state index in [1.165, 1.54) is 0 Å². The molecule has 0 radical (unpaired) electrons. The minimum atomic E-state index is -0.356. The average Bonchev–Trinajstić information content (AvgIpc) is 2.82. The highest BCUT2D eigenvalue weighted by Gasteiger charge is 2.47. The Labute approximate surface area is 163 Å². The molecule has 0 bridgehead atoms. The van der Waals surface area contributed by atoms with Crippen LogP contribution in [0.1, 0.15) is 48.0 Å². The zero-order valence-corrected chi connectivity index (χ0v) is 17.9. The molecule has 27 heavy (non-hydrogen) atoms. The van der Waals surface area contributed by atoms with E-state index in [1.54, 1.807) is 6.20 Å². The number of carbonyl (C=O) groups is 1. The molecule has 0 fully saturated rings. The van der Waals surface area contributed by atoms with Crippen LogP contribution < -0.4 is 10.5 Å². The molecule has 2 aliphatic rings. The van der Waals surface area contributed by atoms with Crippen molar-refractivity contribution in [3.8, 4) is 0 Å². The molecule has 146 valence electrons. The number of hydrogen-bond acceptors (Lipinski definition) is 5. The molecule has 3 heterocycles. The molecule has 1 aromatic heterocycles. The van der Waals surface area contributed by atoms with Gasteiger partial charge in [-0.15, -0.1) is 0 Å². The van der Waals surface area contributed by atoms with Gasteiger partial charge in [0, 0.05) is 21.5 Å². The van der Waals surface area contributed by atoms with E-state index < -0.39 is 0 Å². The third-order valence-electron chi connectivity index (χ3n) is 4.78. The molecule has 2 aliphatic heterocycles. The molecule has 6 nitrogen and oxygen atoms in total. The topological polar surface area (TPSA) is 77.8 Å². The average molecular weight is 388 g/mol. The highest BCUT2D eigenvalue weighted by atomic mass is 31.1. The van der Waals surface area contributed by atoms with E-state index in [2.05, 4.69) is 35.8 Å². The largest absolute Gasteiger partial charge is 0.509 e. The van der Waals surface area contributed by atoms with Gasteiger partial charge in [-0.2, -0.15) is 0 Å². The monoisotopic (exact) mass is 388 g/mol. The first-order valence-electron chi connectivity index (χ1n) is 9.29. The third-order valence-corrected chi connectivity index (χ3v) is 5.76. The quantitative estimate of drug-likeness (QED) is 0.778. The first kappa shape index (κ1) is 19.8. The van der Waals surface area contributed by atoms with Crippen LogP contribution in [0.2, 0.25) is 0 Å². The summed E-state index contributed by atoms with van der Waals surface area (Å²) in [6.45, 7) is 13.2. The van der Waals surface area contributed by atoms with Crippen molar-refractivity contribution in [2.24, 2.45) is 15.8 Å². The van der Waals surface area contributed by atoms with Gasteiger partial charge >= 0.3 is 0 Å². The van der Waals surface area contributed by atoms with E-state index in [4.69, 9.17) is 0 Å². The van der Waals surface area contributed by atoms with Gasteiger partial charge in [0.1, 0.15) is 22.6 Å². The Bertz CT molecular complexity index is 818. The lowest BCUT2D eigenvalue weighted by Gasteiger charge is -2.36. The first-order valence-corrected chi connectivity index (χ1v) is 10.3. The number of aromatic nitrogens is 1. The minimum Gasteiger partial charge on any atom is -0.509 e. The van der Waals surface area contributed by atoms with E-state index in [9.17, 15) is 9.90 Å². The van der Waals surface area contributed by atoms with Crippen molar-refractivity contribution < 1.29 is 9.90 Å². The van der Waals surface area contributed by atoms with E-state index in [0.717, 1.165) is 17.5 Å². The van der Waals surface area contributed by atoms with Crippen LogP contribution in [0.3, 0.4) is 0 Å². The molecule has 0 aromatic carbocycles. The zero-order chi connectivity index (χ0) is 20.0. The number of aliphatic hydroxyl groups excluding tert-OH is 1. The van der Waals surface area contributed by atoms with Crippen molar-refractivity contribution in [2.75, 3.05) is 6.54 Å². The number of amidine groups is 1. The Morgan fingerprint density at radius 1 is 1.26 bits per heavy atom. The number of hydrogen-bond donors (Lipinski definition) is 2. The highest BCUT2D eigenvalue weighted by molar-refractivity contribution is 7.46. The van der Waals surface area contributed by atoms with Gasteiger partial charge in [-0.25, -0.2) is 4.99 Å². The van der Waals surface area contributed by atoms with Crippen LogP contribution >= 0.6 is 8.73 Å². The first-order chi connectivity index (χ1) is 12.5. The summed E-state index contributed by atoms with van der Waals surface area (Å²) < 4.78 is 0. The maximum Gasteiger partial charge on any atom is 0.261 e. The molecule has 0 spiro atoms. The maximum absolute atomic E-state index is 13.3. The number of carbonyl (C=O) groups excluding carboxylic acids is 1. The van der Waals surface area contributed by atoms with Crippen LogP contribution in [0.5, 0.6) is 0 Å². The normalized spacial score (nSPS) is 21.4. The Balaban J connectivity index is 1.99. The fourth-order valence-electron chi connectivity index (χ4n) is 3.41. The number of aliphatic hydroxyl groups is 1.